The predicted molar refractivity (Wildman–Crippen MR) is 93.1 cm³/mol. The second-order valence-corrected chi connectivity index (χ2v) is 6.11. The molecule has 2 amide bonds. The van der Waals surface area contributed by atoms with Crippen LogP contribution in [0.15, 0.2) is 40.9 Å². The van der Waals surface area contributed by atoms with E-state index in [-0.39, 0.29) is 6.61 Å². The normalized spacial score (nSPS) is 10.3. The largest absolute Gasteiger partial charge is 0.489 e. The summed E-state index contributed by atoms with van der Waals surface area (Å²) in [5, 5.41) is 13.0. The van der Waals surface area contributed by atoms with Gasteiger partial charge >= 0.3 is 6.03 Å². The molecule has 2 aromatic rings. The minimum absolute atomic E-state index is 0.229. The fourth-order valence-corrected chi connectivity index (χ4v) is 2.62. The van der Waals surface area contributed by atoms with Gasteiger partial charge in [-0.25, -0.2) is 4.79 Å². The van der Waals surface area contributed by atoms with Crippen LogP contribution >= 0.6 is 15.9 Å². The third-order valence-corrected chi connectivity index (χ3v) is 3.88. The van der Waals surface area contributed by atoms with Gasteiger partial charge in [-0.15, -0.1) is 0 Å². The fraction of sp³-hybridized carbons (Fsp3) is 0.235. The number of benzene rings is 2. The number of amides is 2. The van der Waals surface area contributed by atoms with E-state index in [0.717, 1.165) is 15.8 Å². The summed E-state index contributed by atoms with van der Waals surface area (Å²) in [7, 11) is 1.45. The molecule has 0 aliphatic heterocycles. The van der Waals surface area contributed by atoms with E-state index in [4.69, 9.17) is 4.74 Å². The summed E-state index contributed by atoms with van der Waals surface area (Å²) in [5.74, 6) is 0.769. The molecule has 6 heteroatoms. The molecule has 23 heavy (non-hydrogen) atoms. The van der Waals surface area contributed by atoms with E-state index in [2.05, 4.69) is 21.2 Å². The Morgan fingerprint density at radius 3 is 2.65 bits per heavy atom. The Balaban J connectivity index is 2.24. The number of nitrogens with one attached hydrogen (secondary N) is 1. The Morgan fingerprint density at radius 1 is 1.26 bits per heavy atom. The summed E-state index contributed by atoms with van der Waals surface area (Å²) >= 11 is 3.39. The van der Waals surface area contributed by atoms with Crippen molar-refractivity contribution in [3.63, 3.8) is 0 Å². The maximum atomic E-state index is 11.6. The number of hydroxylamine groups is 1. The molecule has 5 nitrogen and oxygen atoms in total. The van der Waals surface area contributed by atoms with E-state index < -0.39 is 6.03 Å². The Morgan fingerprint density at radius 2 is 2.00 bits per heavy atom. The number of carbonyl (C=O) groups excluding carboxylic acids is 1. The zero-order valence-electron chi connectivity index (χ0n) is 13.3. The van der Waals surface area contributed by atoms with Crippen LogP contribution in [0, 0.1) is 13.8 Å². The van der Waals surface area contributed by atoms with Gasteiger partial charge in [-0.05, 0) is 43.7 Å². The molecule has 0 unspecified atom stereocenters. The van der Waals surface area contributed by atoms with Crippen molar-refractivity contribution >= 4 is 27.6 Å². The summed E-state index contributed by atoms with van der Waals surface area (Å²) in [6.07, 6.45) is 0. The zero-order chi connectivity index (χ0) is 17.0. The lowest BCUT2D eigenvalue weighted by molar-refractivity contribution is 0.205. The van der Waals surface area contributed by atoms with Crippen molar-refractivity contribution in [1.29, 1.82) is 0 Å². The topological polar surface area (TPSA) is 61.8 Å². The zero-order valence-corrected chi connectivity index (χ0v) is 14.8. The number of hydrogen-bond acceptors (Lipinski definition) is 3. The Kier molecular flexibility index (Phi) is 5.63. The summed E-state index contributed by atoms with van der Waals surface area (Å²) in [6.45, 7) is 4.23. The number of anilines is 1. The number of nitrogens with zero attached hydrogens (tertiary/aromatic N) is 1. The second-order valence-electron chi connectivity index (χ2n) is 5.20. The van der Waals surface area contributed by atoms with E-state index >= 15 is 0 Å². The van der Waals surface area contributed by atoms with Crippen molar-refractivity contribution in [2.75, 3.05) is 12.1 Å². The van der Waals surface area contributed by atoms with Crippen LogP contribution in [-0.2, 0) is 6.61 Å². The molecule has 0 heterocycles. The van der Waals surface area contributed by atoms with Crippen molar-refractivity contribution in [1.82, 2.24) is 5.32 Å². The standard InChI is InChI=1S/C17H19BrN2O3/c1-11-4-7-16(12(2)8-11)23-10-13-9-14(18)5-6-15(13)20(22)17(21)19-3/h4-9,22H,10H2,1-3H3,(H,19,21). The monoisotopic (exact) mass is 378 g/mol. The van der Waals surface area contributed by atoms with Gasteiger partial charge in [-0.3, -0.25) is 5.21 Å². The van der Waals surface area contributed by atoms with Crippen LogP contribution in [0.5, 0.6) is 5.75 Å². The van der Waals surface area contributed by atoms with Crippen molar-refractivity contribution in [2.45, 2.75) is 20.5 Å². The van der Waals surface area contributed by atoms with Crippen molar-refractivity contribution in [3.05, 3.63) is 57.6 Å². The van der Waals surface area contributed by atoms with Crippen LogP contribution in [0.4, 0.5) is 10.5 Å². The maximum Gasteiger partial charge on any atom is 0.345 e. The number of aryl methyl sites for hydroxylation is 2. The second kappa shape index (κ2) is 7.48. The predicted octanol–water partition coefficient (Wildman–Crippen LogP) is 4.18. The quantitative estimate of drug-likeness (QED) is 0.619. The lowest BCUT2D eigenvalue weighted by Crippen LogP contribution is -2.36. The van der Waals surface area contributed by atoms with E-state index in [9.17, 15) is 10.0 Å². The van der Waals surface area contributed by atoms with E-state index in [1.807, 2.05) is 38.1 Å². The third-order valence-electron chi connectivity index (χ3n) is 3.39. The molecule has 0 saturated carbocycles. The summed E-state index contributed by atoms with van der Waals surface area (Å²) in [4.78, 5) is 11.6. The number of hydrogen-bond donors (Lipinski definition) is 2. The number of carbonyl (C=O) groups is 1. The third kappa shape index (κ3) is 4.24. The fourth-order valence-electron chi connectivity index (χ4n) is 2.21. The maximum absolute atomic E-state index is 11.6. The first-order valence-corrected chi connectivity index (χ1v) is 7.91. The molecule has 2 rings (SSSR count). The van der Waals surface area contributed by atoms with Crippen molar-refractivity contribution in [2.24, 2.45) is 0 Å². The Labute approximate surface area is 144 Å². The molecule has 0 bridgehead atoms. The van der Waals surface area contributed by atoms with Crippen LogP contribution in [0.25, 0.3) is 0 Å². The van der Waals surface area contributed by atoms with Crippen LogP contribution in [0.1, 0.15) is 16.7 Å². The van der Waals surface area contributed by atoms with Gasteiger partial charge in [0.2, 0.25) is 0 Å². The van der Waals surface area contributed by atoms with Crippen molar-refractivity contribution in [3.8, 4) is 5.75 Å². The molecule has 2 N–H and O–H groups in total. The summed E-state index contributed by atoms with van der Waals surface area (Å²) in [5.41, 5.74) is 3.26. The molecule has 0 aromatic heterocycles. The molecule has 0 radical (unpaired) electrons. The van der Waals surface area contributed by atoms with Gasteiger partial charge in [0, 0.05) is 17.1 Å². The lowest BCUT2D eigenvalue weighted by Gasteiger charge is -2.19. The van der Waals surface area contributed by atoms with Gasteiger partial charge < -0.3 is 10.1 Å². The molecule has 0 saturated heterocycles. The average molecular weight is 379 g/mol. The van der Waals surface area contributed by atoms with Gasteiger partial charge in [0.25, 0.3) is 0 Å². The van der Waals surface area contributed by atoms with Crippen LogP contribution in [0.2, 0.25) is 0 Å². The minimum Gasteiger partial charge on any atom is -0.489 e. The van der Waals surface area contributed by atoms with E-state index in [1.54, 1.807) is 12.1 Å². The molecule has 2 aromatic carbocycles. The lowest BCUT2D eigenvalue weighted by atomic mass is 10.1. The number of ether oxygens (including phenoxy) is 1. The highest BCUT2D eigenvalue weighted by molar-refractivity contribution is 9.10. The Bertz CT molecular complexity index is 719. The first-order chi connectivity index (χ1) is 10.9. The number of rotatable bonds is 4. The first-order valence-electron chi connectivity index (χ1n) is 7.11. The van der Waals surface area contributed by atoms with Gasteiger partial charge in [0.1, 0.15) is 12.4 Å². The smallest absolute Gasteiger partial charge is 0.345 e. The van der Waals surface area contributed by atoms with Gasteiger partial charge in [-0.2, -0.15) is 5.06 Å². The average Bonchev–Trinajstić information content (AvgIpc) is 2.52. The molecule has 0 spiro atoms. The highest BCUT2D eigenvalue weighted by Gasteiger charge is 2.16. The highest BCUT2D eigenvalue weighted by atomic mass is 79.9. The highest BCUT2D eigenvalue weighted by Crippen LogP contribution is 2.27. The van der Waals surface area contributed by atoms with Crippen LogP contribution in [-0.4, -0.2) is 18.3 Å². The SMILES string of the molecule is CNC(=O)N(O)c1ccc(Br)cc1COc1ccc(C)cc1C. The van der Waals surface area contributed by atoms with Gasteiger partial charge in [0.15, 0.2) is 0 Å². The van der Waals surface area contributed by atoms with Crippen LogP contribution in [0.3, 0.4) is 0 Å². The minimum atomic E-state index is -0.611. The van der Waals surface area contributed by atoms with Crippen molar-refractivity contribution < 1.29 is 14.7 Å². The molecule has 0 fully saturated rings. The van der Waals surface area contributed by atoms with E-state index in [1.165, 1.54) is 12.6 Å². The molecule has 122 valence electrons. The molecule has 0 aliphatic carbocycles. The first kappa shape index (κ1) is 17.3. The molecular weight excluding hydrogens is 360 g/mol. The van der Waals surface area contributed by atoms with E-state index in [0.29, 0.717) is 16.3 Å². The number of halogens is 1. The molecular formula is C17H19BrN2O3. The summed E-state index contributed by atoms with van der Waals surface area (Å²) < 4.78 is 6.69. The molecule has 0 atom stereocenters. The van der Waals surface area contributed by atoms with Gasteiger partial charge in [0.05, 0.1) is 5.69 Å². The molecule has 0 aliphatic rings. The number of urea groups is 1. The van der Waals surface area contributed by atoms with Crippen LogP contribution < -0.4 is 15.1 Å². The summed E-state index contributed by atoms with van der Waals surface area (Å²) in [6, 6.07) is 10.5. The van der Waals surface area contributed by atoms with Gasteiger partial charge in [-0.1, -0.05) is 33.6 Å². The Hall–Kier alpha value is -2.05.